The zero-order valence-electron chi connectivity index (χ0n) is 32.7. The van der Waals surface area contributed by atoms with Crippen molar-refractivity contribution in [2.24, 2.45) is 16.7 Å². The minimum atomic E-state index is -1.92. The third-order valence-electron chi connectivity index (χ3n) is 12.1. The number of benzene rings is 2. The highest BCUT2D eigenvalue weighted by molar-refractivity contribution is 5.90. The van der Waals surface area contributed by atoms with Crippen molar-refractivity contribution >= 4 is 35.8 Å². The number of ether oxygens (including phenoxy) is 7. The standard InChI is InChI=1S/C42H48O14/c1-22-29(51-23(2)43)20-41(39(6,7)49)32(22)33(54-37(47)27-15-11-9-12-16-27)35(55-38(48)28-17-13-10-14-18-28)40(8)30(52-24(3)44)19-31-42(21-50-31,56-26(5)46)34(40)36(41)53-25(4)45/h9-18,29-31,33-36,49H,19-21H2,1-8H3. The topological polar surface area (TPSA) is 187 Å². The largest absolute Gasteiger partial charge is 0.462 e. The Kier molecular flexibility index (Phi) is 10.7. The quantitative estimate of drug-likeness (QED) is 0.214. The van der Waals surface area contributed by atoms with Crippen LogP contribution in [0.1, 0.15) is 88.9 Å². The van der Waals surface area contributed by atoms with E-state index in [1.54, 1.807) is 50.2 Å². The molecule has 10 atom stereocenters. The van der Waals surface area contributed by atoms with Crippen LogP contribution in [0.3, 0.4) is 0 Å². The molecule has 2 aromatic rings. The van der Waals surface area contributed by atoms with Gasteiger partial charge in [-0.25, -0.2) is 9.59 Å². The maximum Gasteiger partial charge on any atom is 0.338 e. The van der Waals surface area contributed by atoms with Gasteiger partial charge in [0.2, 0.25) is 0 Å². The number of hydrogen-bond acceptors (Lipinski definition) is 14. The molecule has 300 valence electrons. The summed E-state index contributed by atoms with van der Waals surface area (Å²) in [5.74, 6) is -5.88. The van der Waals surface area contributed by atoms with Gasteiger partial charge in [-0.2, -0.15) is 0 Å². The average Bonchev–Trinajstić information content (AvgIpc) is 3.37. The number of aliphatic hydroxyl groups is 1. The van der Waals surface area contributed by atoms with E-state index in [0.717, 1.165) is 0 Å². The molecule has 14 nitrogen and oxygen atoms in total. The Balaban J connectivity index is 1.77. The van der Waals surface area contributed by atoms with E-state index in [1.807, 2.05) is 0 Å². The van der Waals surface area contributed by atoms with Crippen LogP contribution in [0.4, 0.5) is 0 Å². The van der Waals surface area contributed by atoms with Crippen LogP contribution in [0, 0.1) is 16.7 Å². The van der Waals surface area contributed by atoms with Crippen molar-refractivity contribution in [2.75, 3.05) is 6.61 Å². The van der Waals surface area contributed by atoms with E-state index in [0.29, 0.717) is 5.57 Å². The molecule has 1 aliphatic heterocycles. The lowest BCUT2D eigenvalue weighted by molar-refractivity contribution is -0.352. The maximum atomic E-state index is 14.4. The zero-order valence-corrected chi connectivity index (χ0v) is 32.7. The Bertz CT molecular complexity index is 1930. The van der Waals surface area contributed by atoms with Gasteiger partial charge in [-0.15, -0.1) is 0 Å². The van der Waals surface area contributed by atoms with Gasteiger partial charge in [-0.1, -0.05) is 43.3 Å². The van der Waals surface area contributed by atoms with Gasteiger partial charge in [0.15, 0.2) is 17.8 Å². The number of carbonyl (C=O) groups is 6. The molecule has 10 unspecified atom stereocenters. The monoisotopic (exact) mass is 776 g/mol. The smallest absolute Gasteiger partial charge is 0.338 e. The van der Waals surface area contributed by atoms with Crippen molar-refractivity contribution in [3.63, 3.8) is 0 Å². The summed E-state index contributed by atoms with van der Waals surface area (Å²) < 4.78 is 43.8. The summed E-state index contributed by atoms with van der Waals surface area (Å²) in [7, 11) is 0. The second-order valence-corrected chi connectivity index (χ2v) is 15.9. The van der Waals surface area contributed by atoms with Crippen LogP contribution in [0.15, 0.2) is 71.8 Å². The number of carbonyl (C=O) groups excluding carboxylic acids is 6. The van der Waals surface area contributed by atoms with Crippen molar-refractivity contribution in [1.29, 1.82) is 0 Å². The van der Waals surface area contributed by atoms with Crippen LogP contribution in [0.25, 0.3) is 0 Å². The lowest BCUT2D eigenvalue weighted by atomic mass is 9.49. The van der Waals surface area contributed by atoms with Gasteiger partial charge in [0, 0.05) is 40.5 Å². The molecule has 56 heavy (non-hydrogen) atoms. The Morgan fingerprint density at radius 3 is 1.73 bits per heavy atom. The van der Waals surface area contributed by atoms with E-state index in [-0.39, 0.29) is 36.1 Å². The molecule has 2 saturated carbocycles. The van der Waals surface area contributed by atoms with Crippen LogP contribution in [0.5, 0.6) is 0 Å². The summed E-state index contributed by atoms with van der Waals surface area (Å²) in [6.07, 6.45) is -8.25. The third-order valence-corrected chi connectivity index (χ3v) is 12.1. The highest BCUT2D eigenvalue weighted by Gasteiger charge is 2.81. The van der Waals surface area contributed by atoms with Crippen molar-refractivity contribution in [1.82, 2.24) is 0 Å². The molecule has 1 N–H and O–H groups in total. The van der Waals surface area contributed by atoms with Crippen LogP contribution >= 0.6 is 0 Å². The SMILES string of the molecule is CC(=O)OC1CC2(C(C)(C)O)C(=C1C)C(OC(=O)c1ccccc1)C(OC(=O)c1ccccc1)C1(C)C(OC(C)=O)CC3OCC3(OC(C)=O)C1C2OC(C)=O. The molecule has 0 aromatic heterocycles. The minimum Gasteiger partial charge on any atom is -0.462 e. The fraction of sp³-hybridized carbons (Fsp3) is 0.524. The van der Waals surface area contributed by atoms with Crippen LogP contribution in [-0.4, -0.2) is 95.4 Å². The van der Waals surface area contributed by atoms with Gasteiger partial charge in [0.25, 0.3) is 0 Å². The third kappa shape index (κ3) is 6.66. The van der Waals surface area contributed by atoms with E-state index in [2.05, 4.69) is 0 Å². The summed E-state index contributed by atoms with van der Waals surface area (Å²) >= 11 is 0. The van der Waals surface area contributed by atoms with Gasteiger partial charge in [0.1, 0.15) is 24.4 Å². The molecule has 4 aliphatic rings. The molecule has 14 heteroatoms. The molecule has 0 radical (unpaired) electrons. The molecule has 6 rings (SSSR count). The predicted octanol–water partition coefficient (Wildman–Crippen LogP) is 4.45. The Hall–Kier alpha value is -5.08. The predicted molar refractivity (Wildman–Crippen MR) is 194 cm³/mol. The van der Waals surface area contributed by atoms with Crippen molar-refractivity contribution in [2.45, 2.75) is 116 Å². The molecule has 0 bridgehead atoms. The van der Waals surface area contributed by atoms with Crippen molar-refractivity contribution in [3.05, 3.63) is 82.9 Å². The maximum absolute atomic E-state index is 14.4. The number of hydrogen-bond donors (Lipinski definition) is 1. The molecular weight excluding hydrogens is 728 g/mol. The summed E-state index contributed by atoms with van der Waals surface area (Å²) in [5, 5.41) is 12.7. The molecule has 0 amide bonds. The van der Waals surface area contributed by atoms with Gasteiger partial charge in [0.05, 0.1) is 40.1 Å². The first-order chi connectivity index (χ1) is 26.3. The molecule has 3 fully saturated rings. The highest BCUT2D eigenvalue weighted by Crippen LogP contribution is 2.69. The lowest BCUT2D eigenvalue weighted by Gasteiger charge is -2.65. The van der Waals surface area contributed by atoms with Crippen molar-refractivity contribution < 1.29 is 67.0 Å². The first-order valence-corrected chi connectivity index (χ1v) is 18.6. The Morgan fingerprint density at radius 2 is 1.27 bits per heavy atom. The summed E-state index contributed by atoms with van der Waals surface area (Å²) in [5.41, 5.74) is -6.37. The van der Waals surface area contributed by atoms with E-state index < -0.39 is 100 Å². The number of rotatable bonds is 9. The zero-order chi connectivity index (χ0) is 41.0. The number of esters is 6. The van der Waals surface area contributed by atoms with Crippen LogP contribution in [0.2, 0.25) is 0 Å². The molecule has 1 saturated heterocycles. The lowest BCUT2D eigenvalue weighted by Crippen LogP contribution is -2.79. The second kappa shape index (κ2) is 14.8. The summed E-state index contributed by atoms with van der Waals surface area (Å²) in [6, 6.07) is 16.1. The Labute approximate surface area is 324 Å². The second-order valence-electron chi connectivity index (χ2n) is 15.9. The van der Waals surface area contributed by atoms with Crippen LogP contribution < -0.4 is 0 Å². The fourth-order valence-corrected chi connectivity index (χ4v) is 9.86. The molecule has 0 spiro atoms. The van der Waals surface area contributed by atoms with E-state index in [1.165, 1.54) is 65.8 Å². The molecular formula is C42H48O14. The van der Waals surface area contributed by atoms with Gasteiger partial charge in [-0.05, 0) is 56.2 Å². The molecule has 2 aromatic carbocycles. The van der Waals surface area contributed by atoms with Crippen LogP contribution in [-0.2, 0) is 52.3 Å². The Morgan fingerprint density at radius 1 is 0.732 bits per heavy atom. The minimum absolute atomic E-state index is 0.0744. The van der Waals surface area contributed by atoms with Gasteiger partial charge in [-0.3, -0.25) is 19.2 Å². The first kappa shape index (κ1) is 40.6. The number of fused-ring (bicyclic) bond motifs is 4. The van der Waals surface area contributed by atoms with Gasteiger partial charge < -0.3 is 38.3 Å². The van der Waals surface area contributed by atoms with E-state index in [4.69, 9.17) is 33.2 Å². The average molecular weight is 777 g/mol. The highest BCUT2D eigenvalue weighted by atomic mass is 16.6. The molecule has 3 aliphatic carbocycles. The molecule has 1 heterocycles. The van der Waals surface area contributed by atoms with Crippen molar-refractivity contribution in [3.8, 4) is 0 Å². The van der Waals surface area contributed by atoms with Gasteiger partial charge >= 0.3 is 35.8 Å². The van der Waals surface area contributed by atoms with E-state index >= 15 is 0 Å². The summed E-state index contributed by atoms with van der Waals surface area (Å²) in [4.78, 5) is 81.1. The summed E-state index contributed by atoms with van der Waals surface area (Å²) in [6.45, 7) is 10.8. The normalized spacial score (nSPS) is 33.2. The fourth-order valence-electron chi connectivity index (χ4n) is 9.86. The first-order valence-electron chi connectivity index (χ1n) is 18.6. The van der Waals surface area contributed by atoms with E-state index in [9.17, 15) is 33.9 Å².